The highest BCUT2D eigenvalue weighted by Crippen LogP contribution is 2.18. The Hall–Kier alpha value is -2.34. The SMILES string of the molecule is C[C@H](Cn1cccn1)NC(=O)NC[C@H]1CCCN(Cc2ccccc2)C1. The predicted octanol–water partition coefficient (Wildman–Crippen LogP) is 2.48. The molecule has 1 aliphatic rings. The van der Waals surface area contributed by atoms with Gasteiger partial charge in [0.25, 0.3) is 0 Å². The van der Waals surface area contributed by atoms with Crippen molar-refractivity contribution in [1.29, 1.82) is 0 Å². The van der Waals surface area contributed by atoms with E-state index in [9.17, 15) is 4.79 Å². The van der Waals surface area contributed by atoms with Crippen LogP contribution < -0.4 is 10.6 Å². The maximum absolute atomic E-state index is 12.1. The molecular weight excluding hydrogens is 326 g/mol. The van der Waals surface area contributed by atoms with E-state index >= 15 is 0 Å². The van der Waals surface area contributed by atoms with Gasteiger partial charge in [0.15, 0.2) is 0 Å². The maximum atomic E-state index is 12.1. The Balaban J connectivity index is 1.37. The predicted molar refractivity (Wildman–Crippen MR) is 103 cm³/mol. The number of aromatic nitrogens is 2. The van der Waals surface area contributed by atoms with Crippen molar-refractivity contribution in [3.05, 3.63) is 54.4 Å². The van der Waals surface area contributed by atoms with Gasteiger partial charge >= 0.3 is 6.03 Å². The molecule has 1 fully saturated rings. The lowest BCUT2D eigenvalue weighted by atomic mass is 9.97. The molecule has 0 saturated carbocycles. The lowest BCUT2D eigenvalue weighted by Gasteiger charge is -2.33. The molecule has 0 bridgehead atoms. The van der Waals surface area contributed by atoms with E-state index in [4.69, 9.17) is 0 Å². The molecule has 0 unspecified atom stereocenters. The van der Waals surface area contributed by atoms with Crippen molar-refractivity contribution in [3.63, 3.8) is 0 Å². The van der Waals surface area contributed by atoms with Gasteiger partial charge in [-0.25, -0.2) is 4.79 Å². The Kier molecular flexibility index (Phi) is 6.66. The van der Waals surface area contributed by atoms with Crippen molar-refractivity contribution in [2.45, 2.75) is 38.9 Å². The van der Waals surface area contributed by atoms with E-state index in [-0.39, 0.29) is 12.1 Å². The van der Waals surface area contributed by atoms with E-state index in [1.807, 2.05) is 23.9 Å². The van der Waals surface area contributed by atoms with Crippen molar-refractivity contribution >= 4 is 6.03 Å². The highest BCUT2D eigenvalue weighted by Gasteiger charge is 2.20. The molecule has 2 N–H and O–H groups in total. The molecule has 1 saturated heterocycles. The Morgan fingerprint density at radius 2 is 2.15 bits per heavy atom. The summed E-state index contributed by atoms with van der Waals surface area (Å²) in [4.78, 5) is 14.6. The molecule has 2 aromatic rings. The Morgan fingerprint density at radius 1 is 1.31 bits per heavy atom. The van der Waals surface area contributed by atoms with Crippen LogP contribution in [0.4, 0.5) is 4.79 Å². The molecule has 0 spiro atoms. The molecule has 1 aromatic heterocycles. The zero-order chi connectivity index (χ0) is 18.2. The fourth-order valence-corrected chi connectivity index (χ4v) is 3.55. The topological polar surface area (TPSA) is 62.2 Å². The van der Waals surface area contributed by atoms with Gasteiger partial charge in [-0.3, -0.25) is 9.58 Å². The monoisotopic (exact) mass is 355 g/mol. The highest BCUT2D eigenvalue weighted by molar-refractivity contribution is 5.74. The summed E-state index contributed by atoms with van der Waals surface area (Å²) in [7, 11) is 0. The zero-order valence-corrected chi connectivity index (χ0v) is 15.5. The minimum Gasteiger partial charge on any atom is -0.338 e. The number of rotatable bonds is 7. The van der Waals surface area contributed by atoms with Crippen molar-refractivity contribution in [3.8, 4) is 0 Å². The van der Waals surface area contributed by atoms with Crippen LogP contribution in [0.3, 0.4) is 0 Å². The fourth-order valence-electron chi connectivity index (χ4n) is 3.55. The second-order valence-corrected chi connectivity index (χ2v) is 7.21. The van der Waals surface area contributed by atoms with E-state index in [0.29, 0.717) is 12.5 Å². The van der Waals surface area contributed by atoms with Crippen LogP contribution in [0.15, 0.2) is 48.8 Å². The maximum Gasteiger partial charge on any atom is 0.315 e. The van der Waals surface area contributed by atoms with Gasteiger partial charge < -0.3 is 10.6 Å². The molecule has 2 heterocycles. The molecule has 2 atom stereocenters. The molecule has 1 aromatic carbocycles. The number of carbonyl (C=O) groups is 1. The first-order valence-corrected chi connectivity index (χ1v) is 9.47. The summed E-state index contributed by atoms with van der Waals surface area (Å²) in [5.74, 6) is 0.514. The van der Waals surface area contributed by atoms with E-state index in [1.54, 1.807) is 6.20 Å². The van der Waals surface area contributed by atoms with Gasteiger partial charge in [0.1, 0.15) is 0 Å². The van der Waals surface area contributed by atoms with Crippen LogP contribution in [-0.2, 0) is 13.1 Å². The first kappa shape index (κ1) is 18.5. The first-order valence-electron chi connectivity index (χ1n) is 9.47. The van der Waals surface area contributed by atoms with Gasteiger partial charge in [-0.1, -0.05) is 30.3 Å². The largest absolute Gasteiger partial charge is 0.338 e. The van der Waals surface area contributed by atoms with Crippen LogP contribution >= 0.6 is 0 Å². The molecule has 3 rings (SSSR count). The number of benzene rings is 1. The van der Waals surface area contributed by atoms with E-state index in [1.165, 1.54) is 18.4 Å². The number of hydrogen-bond donors (Lipinski definition) is 2. The third kappa shape index (κ3) is 5.88. The Labute approximate surface area is 155 Å². The minimum atomic E-state index is -0.0927. The van der Waals surface area contributed by atoms with Gasteiger partial charge in [-0.15, -0.1) is 0 Å². The van der Waals surface area contributed by atoms with Gasteiger partial charge in [-0.05, 0) is 43.9 Å². The number of piperidine rings is 1. The second kappa shape index (κ2) is 9.38. The van der Waals surface area contributed by atoms with Crippen molar-refractivity contribution in [2.75, 3.05) is 19.6 Å². The summed E-state index contributed by atoms with van der Waals surface area (Å²) in [6.45, 7) is 6.56. The number of carbonyl (C=O) groups excluding carboxylic acids is 1. The van der Waals surface area contributed by atoms with Crippen molar-refractivity contribution < 1.29 is 4.79 Å². The summed E-state index contributed by atoms with van der Waals surface area (Å²) in [6.07, 6.45) is 6.02. The Bertz CT molecular complexity index is 658. The Morgan fingerprint density at radius 3 is 2.92 bits per heavy atom. The number of nitrogens with zero attached hydrogens (tertiary/aromatic N) is 3. The lowest BCUT2D eigenvalue weighted by molar-refractivity contribution is 0.165. The molecular formula is C20H29N5O. The molecule has 0 radical (unpaired) electrons. The number of hydrogen-bond acceptors (Lipinski definition) is 3. The molecule has 6 heteroatoms. The molecule has 26 heavy (non-hydrogen) atoms. The fraction of sp³-hybridized carbons (Fsp3) is 0.500. The summed E-state index contributed by atoms with van der Waals surface area (Å²) in [5.41, 5.74) is 1.35. The first-order chi connectivity index (χ1) is 12.7. The van der Waals surface area contributed by atoms with E-state index < -0.39 is 0 Å². The van der Waals surface area contributed by atoms with Crippen molar-refractivity contribution in [1.82, 2.24) is 25.3 Å². The van der Waals surface area contributed by atoms with Crippen molar-refractivity contribution in [2.24, 2.45) is 5.92 Å². The number of amides is 2. The smallest absolute Gasteiger partial charge is 0.315 e. The summed E-state index contributed by atoms with van der Waals surface area (Å²) in [5, 5.41) is 10.2. The third-order valence-electron chi connectivity index (χ3n) is 4.80. The van der Waals surface area contributed by atoms with Gasteiger partial charge in [0.2, 0.25) is 0 Å². The van der Waals surface area contributed by atoms with Crippen LogP contribution in [0.1, 0.15) is 25.3 Å². The number of urea groups is 1. The number of nitrogens with one attached hydrogen (secondary N) is 2. The zero-order valence-electron chi connectivity index (χ0n) is 15.5. The summed E-state index contributed by atoms with van der Waals surface area (Å²) >= 11 is 0. The van der Waals surface area contributed by atoms with Gasteiger partial charge in [0.05, 0.1) is 6.54 Å². The van der Waals surface area contributed by atoms with Crippen LogP contribution in [0.2, 0.25) is 0 Å². The molecule has 1 aliphatic heterocycles. The quantitative estimate of drug-likeness (QED) is 0.802. The molecule has 6 nitrogen and oxygen atoms in total. The third-order valence-corrected chi connectivity index (χ3v) is 4.80. The van der Waals surface area contributed by atoms with Crippen LogP contribution in [0, 0.1) is 5.92 Å². The van der Waals surface area contributed by atoms with Crippen LogP contribution in [0.5, 0.6) is 0 Å². The average molecular weight is 355 g/mol. The highest BCUT2D eigenvalue weighted by atomic mass is 16.2. The molecule has 140 valence electrons. The van der Waals surface area contributed by atoms with Crippen LogP contribution in [-0.4, -0.2) is 46.4 Å². The average Bonchev–Trinajstić information content (AvgIpc) is 3.14. The summed E-state index contributed by atoms with van der Waals surface area (Å²) < 4.78 is 1.83. The van der Waals surface area contributed by atoms with Crippen LogP contribution in [0.25, 0.3) is 0 Å². The summed E-state index contributed by atoms with van der Waals surface area (Å²) in [6, 6.07) is 12.4. The molecule has 2 amide bonds. The normalized spacial score (nSPS) is 19.0. The van der Waals surface area contributed by atoms with E-state index in [2.05, 4.69) is 51.0 Å². The minimum absolute atomic E-state index is 0.0378. The van der Waals surface area contributed by atoms with Gasteiger partial charge in [0, 0.05) is 38.1 Å². The van der Waals surface area contributed by atoms with Gasteiger partial charge in [-0.2, -0.15) is 5.10 Å². The standard InChI is InChI=1S/C20H29N5O/c1-17(14-25-12-6-10-22-25)23-20(26)21-13-19-9-5-11-24(16-19)15-18-7-3-2-4-8-18/h2-4,6-8,10,12,17,19H,5,9,11,13-16H2,1H3,(H2,21,23,26)/t17-,19-/m1/s1. The molecule has 0 aliphatic carbocycles. The number of likely N-dealkylation sites (tertiary alicyclic amines) is 1. The lowest BCUT2D eigenvalue weighted by Crippen LogP contribution is -2.46. The van der Waals surface area contributed by atoms with E-state index in [0.717, 1.165) is 26.2 Å². The second-order valence-electron chi connectivity index (χ2n) is 7.21.